The summed E-state index contributed by atoms with van der Waals surface area (Å²) in [5, 5.41) is 0. The monoisotopic (exact) mass is 226 g/mol. The zero-order chi connectivity index (χ0) is 9.94. The highest BCUT2D eigenvalue weighted by atomic mass is 35.5. The molecule has 0 saturated carbocycles. The molecule has 0 aliphatic carbocycles. The Balaban J connectivity index is 2.95. The molecule has 0 atom stereocenters. The van der Waals surface area contributed by atoms with Gasteiger partial charge in [-0.3, -0.25) is 4.79 Å². The quantitative estimate of drug-likeness (QED) is 0.362. The molecule has 0 radical (unpaired) electrons. The Morgan fingerprint density at radius 3 is 2.23 bits per heavy atom. The summed E-state index contributed by atoms with van der Waals surface area (Å²) in [5.41, 5.74) is 0. The summed E-state index contributed by atoms with van der Waals surface area (Å²) in [4.78, 5) is 10.6. The molecule has 0 saturated heterocycles. The fourth-order valence-corrected chi connectivity index (χ4v) is 1.22. The molecule has 0 heterocycles. The van der Waals surface area contributed by atoms with Crippen molar-refractivity contribution < 1.29 is 9.53 Å². The predicted octanol–water partition coefficient (Wildman–Crippen LogP) is 2.96. The Morgan fingerprint density at radius 1 is 1.00 bits per heavy atom. The van der Waals surface area contributed by atoms with Gasteiger partial charge in [0.1, 0.15) is 5.88 Å². The molecular weight excluding hydrogens is 211 g/mol. The summed E-state index contributed by atoms with van der Waals surface area (Å²) in [5.74, 6) is 0.357. The lowest BCUT2D eigenvalue weighted by Crippen LogP contribution is -2.06. The van der Waals surface area contributed by atoms with Gasteiger partial charge in [0.2, 0.25) is 0 Å². The molecule has 0 aliphatic heterocycles. The first-order valence-electron chi connectivity index (χ1n) is 4.58. The third kappa shape index (κ3) is 9.97. The highest BCUT2D eigenvalue weighted by molar-refractivity contribution is 6.26. The molecule has 0 fully saturated rings. The number of alkyl halides is 2. The van der Waals surface area contributed by atoms with Gasteiger partial charge in [-0.25, -0.2) is 0 Å². The molecule has 4 heteroatoms. The maximum absolute atomic E-state index is 10.6. The number of unbranched alkanes of at least 4 members (excludes halogenated alkanes) is 4. The maximum atomic E-state index is 10.6. The van der Waals surface area contributed by atoms with Gasteiger partial charge < -0.3 is 4.74 Å². The topological polar surface area (TPSA) is 26.3 Å². The smallest absolute Gasteiger partial charge is 0.320 e. The van der Waals surface area contributed by atoms with E-state index in [1.807, 2.05) is 0 Å². The van der Waals surface area contributed by atoms with Crippen molar-refractivity contribution in [1.82, 2.24) is 0 Å². The average Bonchev–Trinajstić information content (AvgIpc) is 2.16. The number of hydrogen-bond acceptors (Lipinski definition) is 2. The van der Waals surface area contributed by atoms with Crippen molar-refractivity contribution in [2.75, 3.05) is 18.4 Å². The van der Waals surface area contributed by atoms with E-state index in [0.717, 1.165) is 38.0 Å². The van der Waals surface area contributed by atoms with Crippen molar-refractivity contribution in [2.45, 2.75) is 32.1 Å². The van der Waals surface area contributed by atoms with E-state index in [2.05, 4.69) is 0 Å². The van der Waals surface area contributed by atoms with Crippen molar-refractivity contribution >= 4 is 29.2 Å². The van der Waals surface area contributed by atoms with Crippen LogP contribution in [0.3, 0.4) is 0 Å². The van der Waals surface area contributed by atoms with Crippen molar-refractivity contribution in [2.24, 2.45) is 0 Å². The minimum atomic E-state index is -0.331. The molecule has 0 rings (SSSR count). The van der Waals surface area contributed by atoms with Crippen LogP contribution < -0.4 is 0 Å². The van der Waals surface area contributed by atoms with E-state index in [0.29, 0.717) is 6.61 Å². The fourth-order valence-electron chi connectivity index (χ4n) is 0.951. The van der Waals surface area contributed by atoms with Gasteiger partial charge in [0.05, 0.1) is 6.61 Å². The largest absolute Gasteiger partial charge is 0.465 e. The number of esters is 1. The lowest BCUT2D eigenvalue weighted by atomic mass is 10.2. The summed E-state index contributed by atoms with van der Waals surface area (Å²) in [6, 6.07) is 0. The van der Waals surface area contributed by atoms with Crippen molar-refractivity contribution in [3.05, 3.63) is 0 Å². The lowest BCUT2D eigenvalue weighted by molar-refractivity contribution is -0.140. The molecule has 2 nitrogen and oxygen atoms in total. The van der Waals surface area contributed by atoms with E-state index in [4.69, 9.17) is 27.9 Å². The van der Waals surface area contributed by atoms with Gasteiger partial charge >= 0.3 is 5.97 Å². The van der Waals surface area contributed by atoms with Crippen molar-refractivity contribution in [1.29, 1.82) is 0 Å². The van der Waals surface area contributed by atoms with Crippen LogP contribution in [0.5, 0.6) is 0 Å². The number of carbonyl (C=O) groups is 1. The Kier molecular flexibility index (Phi) is 10.2. The predicted molar refractivity (Wildman–Crippen MR) is 55.5 cm³/mol. The number of hydrogen-bond donors (Lipinski definition) is 0. The molecule has 78 valence electrons. The first kappa shape index (κ1) is 13.1. The van der Waals surface area contributed by atoms with E-state index in [9.17, 15) is 4.79 Å². The lowest BCUT2D eigenvalue weighted by Gasteiger charge is -2.01. The van der Waals surface area contributed by atoms with Crippen LogP contribution in [0.4, 0.5) is 0 Å². The molecule has 0 bridgehead atoms. The SMILES string of the molecule is O=C(CCl)OCCCCCCCCl. The highest BCUT2D eigenvalue weighted by Crippen LogP contribution is 2.03. The highest BCUT2D eigenvalue weighted by Gasteiger charge is 1.98. The maximum Gasteiger partial charge on any atom is 0.320 e. The number of carbonyl (C=O) groups excluding carboxylic acids is 1. The van der Waals surface area contributed by atoms with E-state index in [-0.39, 0.29) is 11.8 Å². The van der Waals surface area contributed by atoms with Gasteiger partial charge in [-0.1, -0.05) is 19.3 Å². The number of ether oxygens (including phenoxy) is 1. The van der Waals surface area contributed by atoms with Crippen LogP contribution in [0, 0.1) is 0 Å². The van der Waals surface area contributed by atoms with Gasteiger partial charge in [-0.15, -0.1) is 23.2 Å². The third-order valence-electron chi connectivity index (χ3n) is 1.65. The Bertz CT molecular complexity index is 129. The number of halogens is 2. The van der Waals surface area contributed by atoms with E-state index in [1.54, 1.807) is 0 Å². The van der Waals surface area contributed by atoms with Crippen molar-refractivity contribution in [3.63, 3.8) is 0 Å². The normalized spacial score (nSPS) is 10.0. The molecule has 0 unspecified atom stereocenters. The fraction of sp³-hybridized carbons (Fsp3) is 0.889. The van der Waals surface area contributed by atoms with Crippen LogP contribution in [0.15, 0.2) is 0 Å². The Hall–Kier alpha value is 0.0500. The van der Waals surface area contributed by atoms with Gasteiger partial charge in [0.25, 0.3) is 0 Å². The zero-order valence-electron chi connectivity index (χ0n) is 7.73. The molecule has 0 amide bonds. The molecule has 0 aromatic rings. The first-order chi connectivity index (χ1) is 6.31. The first-order valence-corrected chi connectivity index (χ1v) is 5.65. The van der Waals surface area contributed by atoms with Gasteiger partial charge in [0.15, 0.2) is 0 Å². The Labute approximate surface area is 89.5 Å². The molecule has 13 heavy (non-hydrogen) atoms. The average molecular weight is 227 g/mol. The van der Waals surface area contributed by atoms with E-state index >= 15 is 0 Å². The second kappa shape index (κ2) is 10.1. The van der Waals surface area contributed by atoms with E-state index in [1.165, 1.54) is 0 Å². The summed E-state index contributed by atoms with van der Waals surface area (Å²) in [6.45, 7) is 0.492. The van der Waals surface area contributed by atoms with Gasteiger partial charge in [-0.05, 0) is 12.8 Å². The zero-order valence-corrected chi connectivity index (χ0v) is 9.24. The van der Waals surface area contributed by atoms with Gasteiger partial charge in [0, 0.05) is 5.88 Å². The molecule has 0 aromatic heterocycles. The molecule has 0 aliphatic rings. The summed E-state index contributed by atoms with van der Waals surface area (Å²) < 4.78 is 4.80. The second-order valence-corrected chi connectivity index (χ2v) is 3.46. The van der Waals surface area contributed by atoms with Crippen LogP contribution in [-0.4, -0.2) is 24.3 Å². The van der Waals surface area contributed by atoms with Crippen LogP contribution in [-0.2, 0) is 9.53 Å². The Morgan fingerprint density at radius 2 is 1.62 bits per heavy atom. The minimum Gasteiger partial charge on any atom is -0.465 e. The van der Waals surface area contributed by atoms with E-state index < -0.39 is 0 Å². The molecular formula is C9H16Cl2O2. The van der Waals surface area contributed by atoms with Crippen LogP contribution >= 0.6 is 23.2 Å². The summed E-state index contributed by atoms with van der Waals surface area (Å²) in [6.07, 6.45) is 5.40. The molecule has 0 N–H and O–H groups in total. The van der Waals surface area contributed by atoms with Crippen LogP contribution in [0.1, 0.15) is 32.1 Å². The molecule has 0 aromatic carbocycles. The standard InChI is InChI=1S/C9H16Cl2O2/c10-6-4-2-1-3-5-7-13-9(12)8-11/h1-8H2. The third-order valence-corrected chi connectivity index (χ3v) is 2.14. The second-order valence-electron chi connectivity index (χ2n) is 2.81. The van der Waals surface area contributed by atoms with Crippen molar-refractivity contribution in [3.8, 4) is 0 Å². The summed E-state index contributed by atoms with van der Waals surface area (Å²) in [7, 11) is 0. The minimum absolute atomic E-state index is 0.0494. The van der Waals surface area contributed by atoms with Gasteiger partial charge in [-0.2, -0.15) is 0 Å². The van der Waals surface area contributed by atoms with Crippen LogP contribution in [0.25, 0.3) is 0 Å². The summed E-state index contributed by atoms with van der Waals surface area (Å²) >= 11 is 10.8. The van der Waals surface area contributed by atoms with Crippen LogP contribution in [0.2, 0.25) is 0 Å². The molecule has 0 spiro atoms. The number of rotatable bonds is 8.